The number of hydrogen-bond acceptors (Lipinski definition) is 4. The Hall–Kier alpha value is -1.79. The molecule has 0 saturated carbocycles. The minimum absolute atomic E-state index is 0.0481. The second-order valence-corrected chi connectivity index (χ2v) is 5.10. The normalized spacial score (nSPS) is 10.1. The number of carbonyl (C=O) groups is 2. The van der Waals surface area contributed by atoms with E-state index < -0.39 is 0 Å². The quantitative estimate of drug-likeness (QED) is 0.608. The van der Waals surface area contributed by atoms with E-state index in [4.69, 9.17) is 16.3 Å². The van der Waals surface area contributed by atoms with Crippen LogP contribution in [0.5, 0.6) is 0 Å². The molecule has 1 aromatic carbocycles. The van der Waals surface area contributed by atoms with Crippen LogP contribution in [0.25, 0.3) is 0 Å². The lowest BCUT2D eigenvalue weighted by atomic mass is 10.2. The molecule has 7 heteroatoms. The Balaban J connectivity index is 2.55. The first kappa shape index (κ1) is 18.3. The van der Waals surface area contributed by atoms with E-state index in [9.17, 15) is 9.59 Å². The highest BCUT2D eigenvalue weighted by atomic mass is 35.5. The van der Waals surface area contributed by atoms with Gasteiger partial charge < -0.3 is 20.7 Å². The van der Waals surface area contributed by atoms with Gasteiger partial charge in [0.15, 0.2) is 0 Å². The zero-order valence-electron chi connectivity index (χ0n) is 12.9. The molecule has 0 atom stereocenters. The molecule has 2 amide bonds. The second kappa shape index (κ2) is 10.0. The smallest absolute Gasteiger partial charge is 0.239 e. The Morgan fingerprint density at radius 2 is 2.05 bits per heavy atom. The van der Waals surface area contributed by atoms with Gasteiger partial charge in [-0.3, -0.25) is 9.59 Å². The summed E-state index contributed by atoms with van der Waals surface area (Å²) < 4.78 is 4.85. The molecule has 0 heterocycles. The minimum atomic E-state index is -0.159. The molecule has 0 bridgehead atoms. The fraction of sp³-hybridized carbons (Fsp3) is 0.467. The molecule has 0 fully saturated rings. The lowest BCUT2D eigenvalue weighted by Crippen LogP contribution is -2.32. The van der Waals surface area contributed by atoms with E-state index in [2.05, 4.69) is 16.0 Å². The van der Waals surface area contributed by atoms with Gasteiger partial charge in [-0.1, -0.05) is 18.5 Å². The van der Waals surface area contributed by atoms with E-state index in [0.29, 0.717) is 36.0 Å². The van der Waals surface area contributed by atoms with Crippen LogP contribution >= 0.6 is 11.6 Å². The van der Waals surface area contributed by atoms with Gasteiger partial charge in [-0.2, -0.15) is 0 Å². The van der Waals surface area contributed by atoms with Crippen LogP contribution in [0.4, 0.5) is 11.4 Å². The predicted molar refractivity (Wildman–Crippen MR) is 88.4 cm³/mol. The van der Waals surface area contributed by atoms with Gasteiger partial charge in [0.1, 0.15) is 0 Å². The van der Waals surface area contributed by atoms with E-state index in [1.54, 1.807) is 25.3 Å². The number of methoxy groups -OCH3 is 1. The van der Waals surface area contributed by atoms with Crippen molar-refractivity contribution in [1.82, 2.24) is 5.32 Å². The summed E-state index contributed by atoms with van der Waals surface area (Å²) in [4.78, 5) is 23.2. The maximum atomic E-state index is 11.6. The summed E-state index contributed by atoms with van der Waals surface area (Å²) in [7, 11) is 1.57. The van der Waals surface area contributed by atoms with Crippen LogP contribution in [0, 0.1) is 0 Å². The van der Waals surface area contributed by atoms with Crippen molar-refractivity contribution in [2.75, 3.05) is 37.4 Å². The largest absolute Gasteiger partial charge is 0.383 e. The average Bonchev–Trinajstić information content (AvgIpc) is 2.48. The van der Waals surface area contributed by atoms with Gasteiger partial charge in [0.2, 0.25) is 11.8 Å². The fourth-order valence-corrected chi connectivity index (χ4v) is 1.90. The van der Waals surface area contributed by atoms with Crippen molar-refractivity contribution in [2.45, 2.75) is 19.8 Å². The number of nitrogens with one attached hydrogen (secondary N) is 3. The topological polar surface area (TPSA) is 79.5 Å². The first-order valence-corrected chi connectivity index (χ1v) is 7.53. The lowest BCUT2D eigenvalue weighted by molar-refractivity contribution is -0.119. The number of carbonyl (C=O) groups excluding carboxylic acids is 2. The first-order valence-electron chi connectivity index (χ1n) is 7.15. The van der Waals surface area contributed by atoms with Gasteiger partial charge >= 0.3 is 0 Å². The molecule has 0 radical (unpaired) electrons. The van der Waals surface area contributed by atoms with Crippen LogP contribution in [-0.2, 0) is 14.3 Å². The van der Waals surface area contributed by atoms with Crippen LogP contribution in [0.2, 0.25) is 5.02 Å². The summed E-state index contributed by atoms with van der Waals surface area (Å²) in [5.41, 5.74) is 1.24. The molecule has 6 nitrogen and oxygen atoms in total. The molecule has 0 aliphatic rings. The van der Waals surface area contributed by atoms with Crippen LogP contribution in [0.1, 0.15) is 19.8 Å². The fourth-order valence-electron chi connectivity index (χ4n) is 1.72. The standard InChI is InChI=1S/C15H22ClN3O3/c1-3-4-14(20)19-11-5-6-12(16)13(9-11)18-10-15(21)17-7-8-22-2/h5-6,9,18H,3-4,7-8,10H2,1-2H3,(H,17,21)(H,19,20). The SMILES string of the molecule is CCCC(=O)Nc1ccc(Cl)c(NCC(=O)NCCOC)c1. The molecule has 1 aromatic rings. The number of halogens is 1. The summed E-state index contributed by atoms with van der Waals surface area (Å²) in [5, 5.41) is 8.92. The van der Waals surface area contributed by atoms with Gasteiger partial charge in [0.25, 0.3) is 0 Å². The van der Waals surface area contributed by atoms with Crippen molar-refractivity contribution in [1.29, 1.82) is 0 Å². The first-order chi connectivity index (χ1) is 10.6. The van der Waals surface area contributed by atoms with Gasteiger partial charge in [-0.05, 0) is 24.6 Å². The Labute approximate surface area is 135 Å². The van der Waals surface area contributed by atoms with Crippen LogP contribution < -0.4 is 16.0 Å². The minimum Gasteiger partial charge on any atom is -0.383 e. The van der Waals surface area contributed by atoms with E-state index in [0.717, 1.165) is 6.42 Å². The van der Waals surface area contributed by atoms with Crippen molar-refractivity contribution in [3.63, 3.8) is 0 Å². The van der Waals surface area contributed by atoms with E-state index >= 15 is 0 Å². The predicted octanol–water partition coefficient (Wildman–Crippen LogP) is 2.25. The number of ether oxygens (including phenoxy) is 1. The van der Waals surface area contributed by atoms with Gasteiger partial charge in [0.05, 0.1) is 23.9 Å². The Morgan fingerprint density at radius 3 is 2.73 bits per heavy atom. The summed E-state index contributed by atoms with van der Waals surface area (Å²) in [6.45, 7) is 2.95. The molecule has 1 rings (SSSR count). The maximum Gasteiger partial charge on any atom is 0.239 e. The number of hydrogen-bond donors (Lipinski definition) is 3. The zero-order chi connectivity index (χ0) is 16.4. The Morgan fingerprint density at radius 1 is 1.27 bits per heavy atom. The van der Waals surface area contributed by atoms with Crippen molar-refractivity contribution in [2.24, 2.45) is 0 Å². The third-order valence-corrected chi connectivity index (χ3v) is 3.12. The van der Waals surface area contributed by atoms with Crippen LogP contribution in [-0.4, -0.2) is 38.6 Å². The maximum absolute atomic E-state index is 11.6. The average molecular weight is 328 g/mol. The number of anilines is 2. The zero-order valence-corrected chi connectivity index (χ0v) is 13.6. The molecule has 3 N–H and O–H groups in total. The molecule has 122 valence electrons. The van der Waals surface area contributed by atoms with Gasteiger partial charge in [-0.15, -0.1) is 0 Å². The molecule has 0 spiro atoms. The third kappa shape index (κ3) is 6.78. The number of rotatable bonds is 9. The van der Waals surface area contributed by atoms with Crippen LogP contribution in [0.15, 0.2) is 18.2 Å². The summed E-state index contributed by atoms with van der Waals surface area (Å²) in [6.07, 6.45) is 1.25. The van der Waals surface area contributed by atoms with E-state index in [-0.39, 0.29) is 18.4 Å². The summed E-state index contributed by atoms with van der Waals surface area (Å²) in [6, 6.07) is 5.10. The molecule has 0 saturated heterocycles. The molecule has 0 aliphatic heterocycles. The van der Waals surface area contributed by atoms with Crippen molar-refractivity contribution >= 4 is 34.8 Å². The highest BCUT2D eigenvalue weighted by molar-refractivity contribution is 6.33. The van der Waals surface area contributed by atoms with Gasteiger partial charge in [0, 0.05) is 25.8 Å². The summed E-state index contributed by atoms with van der Waals surface area (Å²) in [5.74, 6) is -0.207. The van der Waals surface area contributed by atoms with Crippen molar-refractivity contribution in [3.05, 3.63) is 23.2 Å². The Bertz CT molecular complexity index is 509. The molecule has 0 aromatic heterocycles. The van der Waals surface area contributed by atoms with E-state index in [1.165, 1.54) is 0 Å². The van der Waals surface area contributed by atoms with Crippen molar-refractivity contribution in [3.8, 4) is 0 Å². The van der Waals surface area contributed by atoms with Gasteiger partial charge in [-0.25, -0.2) is 0 Å². The molecule has 22 heavy (non-hydrogen) atoms. The Kier molecular flexibility index (Phi) is 8.32. The van der Waals surface area contributed by atoms with Crippen LogP contribution in [0.3, 0.4) is 0 Å². The number of benzene rings is 1. The summed E-state index contributed by atoms with van der Waals surface area (Å²) >= 11 is 6.08. The lowest BCUT2D eigenvalue weighted by Gasteiger charge is -2.11. The van der Waals surface area contributed by atoms with Crippen molar-refractivity contribution < 1.29 is 14.3 Å². The molecule has 0 aliphatic carbocycles. The monoisotopic (exact) mass is 327 g/mol. The molecular formula is C15H22ClN3O3. The van der Waals surface area contributed by atoms with E-state index in [1.807, 2.05) is 6.92 Å². The molecule has 0 unspecified atom stereocenters. The third-order valence-electron chi connectivity index (χ3n) is 2.79. The number of amides is 2. The highest BCUT2D eigenvalue weighted by Crippen LogP contribution is 2.25. The second-order valence-electron chi connectivity index (χ2n) is 4.69. The molecular weight excluding hydrogens is 306 g/mol. The highest BCUT2D eigenvalue weighted by Gasteiger charge is 2.07.